The van der Waals surface area contributed by atoms with Crippen LogP contribution in [0.5, 0.6) is 0 Å². The molecule has 0 unspecified atom stereocenters. The van der Waals surface area contributed by atoms with Crippen molar-refractivity contribution in [1.29, 1.82) is 5.26 Å². The maximum Gasteiger partial charge on any atom is 0.281 e. The molecule has 0 heterocycles. The van der Waals surface area contributed by atoms with Crippen molar-refractivity contribution >= 4 is 21.8 Å². The Kier molecular flexibility index (Phi) is 7.16. The molecule has 1 rings (SSSR count). The predicted octanol–water partition coefficient (Wildman–Crippen LogP) is 1.21. The summed E-state index contributed by atoms with van der Waals surface area (Å²) in [5.41, 5.74) is 1.67. The molecule has 23 heavy (non-hydrogen) atoms. The summed E-state index contributed by atoms with van der Waals surface area (Å²) < 4.78 is 26.4. The molecular formula is C15H22N4O3S. The Morgan fingerprint density at radius 2 is 1.91 bits per heavy atom. The second-order valence-electron chi connectivity index (χ2n) is 5.05. The molecule has 1 amide bonds. The first-order valence-electron chi connectivity index (χ1n) is 7.25. The standard InChI is InChI=1S/C15H22N4O3S/c1-4-13-8-5-6-9-14(13)17-15(20)12-19(3)23(21,22)18(2)11-7-10-16/h5-6,8-9H,4,7,11-12H2,1-3H3,(H,17,20). The van der Waals surface area contributed by atoms with Crippen LogP contribution in [-0.2, 0) is 21.4 Å². The van der Waals surface area contributed by atoms with E-state index in [-0.39, 0.29) is 19.5 Å². The highest BCUT2D eigenvalue weighted by atomic mass is 32.2. The number of amides is 1. The number of nitrogens with one attached hydrogen (secondary N) is 1. The largest absolute Gasteiger partial charge is 0.325 e. The lowest BCUT2D eigenvalue weighted by molar-refractivity contribution is -0.116. The number of likely N-dealkylation sites (N-methyl/N-ethyl adjacent to an activating group) is 1. The number of nitrogens with zero attached hydrogens (tertiary/aromatic N) is 3. The van der Waals surface area contributed by atoms with E-state index in [0.717, 1.165) is 20.6 Å². The molecule has 0 aromatic heterocycles. The first kappa shape index (κ1) is 19.1. The number of aryl methyl sites for hydroxylation is 1. The number of hydrogen-bond acceptors (Lipinski definition) is 4. The SMILES string of the molecule is CCc1ccccc1NC(=O)CN(C)S(=O)(=O)N(C)CCC#N. The molecule has 0 fully saturated rings. The minimum atomic E-state index is -3.76. The number of hydrogen-bond donors (Lipinski definition) is 1. The summed E-state index contributed by atoms with van der Waals surface area (Å²) in [6, 6.07) is 9.28. The third kappa shape index (κ3) is 5.32. The van der Waals surface area contributed by atoms with Gasteiger partial charge in [0, 0.05) is 32.7 Å². The van der Waals surface area contributed by atoms with Crippen LogP contribution in [0.25, 0.3) is 0 Å². The summed E-state index contributed by atoms with van der Waals surface area (Å²) in [7, 11) is -1.04. The molecule has 0 aliphatic heterocycles. The molecular weight excluding hydrogens is 316 g/mol. The lowest BCUT2D eigenvalue weighted by Crippen LogP contribution is -2.43. The van der Waals surface area contributed by atoms with Crippen molar-refractivity contribution in [3.63, 3.8) is 0 Å². The van der Waals surface area contributed by atoms with E-state index in [1.165, 1.54) is 14.1 Å². The maximum atomic E-state index is 12.2. The van der Waals surface area contributed by atoms with E-state index in [2.05, 4.69) is 5.32 Å². The van der Waals surface area contributed by atoms with Crippen molar-refractivity contribution in [3.8, 4) is 6.07 Å². The second-order valence-corrected chi connectivity index (χ2v) is 7.19. The van der Waals surface area contributed by atoms with Crippen LogP contribution in [0, 0.1) is 11.3 Å². The number of benzene rings is 1. The zero-order chi connectivity index (χ0) is 17.5. The summed E-state index contributed by atoms with van der Waals surface area (Å²) in [5, 5.41) is 11.3. The van der Waals surface area contributed by atoms with Crippen molar-refractivity contribution in [3.05, 3.63) is 29.8 Å². The highest BCUT2D eigenvalue weighted by Gasteiger charge is 2.25. The van der Waals surface area contributed by atoms with Crippen LogP contribution in [-0.4, -0.2) is 50.1 Å². The Bertz CT molecular complexity index is 682. The van der Waals surface area contributed by atoms with E-state index in [1.807, 2.05) is 31.2 Å². The van der Waals surface area contributed by atoms with E-state index in [0.29, 0.717) is 5.69 Å². The Morgan fingerprint density at radius 3 is 2.52 bits per heavy atom. The van der Waals surface area contributed by atoms with Gasteiger partial charge in [0.25, 0.3) is 10.2 Å². The van der Waals surface area contributed by atoms with Crippen LogP contribution in [0.1, 0.15) is 18.9 Å². The van der Waals surface area contributed by atoms with Gasteiger partial charge in [0.15, 0.2) is 0 Å². The molecule has 0 aliphatic carbocycles. The summed E-state index contributed by atoms with van der Waals surface area (Å²) >= 11 is 0. The summed E-state index contributed by atoms with van der Waals surface area (Å²) in [6.45, 7) is 1.77. The fraction of sp³-hybridized carbons (Fsp3) is 0.467. The van der Waals surface area contributed by atoms with Gasteiger partial charge in [0.05, 0.1) is 12.6 Å². The van der Waals surface area contributed by atoms with Gasteiger partial charge in [-0.05, 0) is 18.1 Å². The minimum absolute atomic E-state index is 0.0868. The van der Waals surface area contributed by atoms with Crippen LogP contribution < -0.4 is 5.32 Å². The summed E-state index contributed by atoms with van der Waals surface area (Å²) in [5.74, 6) is -0.411. The normalized spacial score (nSPS) is 11.5. The zero-order valence-corrected chi connectivity index (χ0v) is 14.4. The lowest BCUT2D eigenvalue weighted by atomic mass is 10.1. The topological polar surface area (TPSA) is 93.5 Å². The van der Waals surface area contributed by atoms with Gasteiger partial charge in [-0.15, -0.1) is 0 Å². The van der Waals surface area contributed by atoms with Crippen LogP contribution in [0.3, 0.4) is 0 Å². The minimum Gasteiger partial charge on any atom is -0.325 e. The Balaban J connectivity index is 2.71. The van der Waals surface area contributed by atoms with Gasteiger partial charge in [0.2, 0.25) is 5.91 Å². The Hall–Kier alpha value is -1.95. The van der Waals surface area contributed by atoms with E-state index in [9.17, 15) is 13.2 Å². The van der Waals surface area contributed by atoms with Gasteiger partial charge < -0.3 is 5.32 Å². The van der Waals surface area contributed by atoms with Crippen molar-refractivity contribution in [2.75, 3.05) is 32.5 Å². The van der Waals surface area contributed by atoms with Crippen LogP contribution in [0.4, 0.5) is 5.69 Å². The van der Waals surface area contributed by atoms with Gasteiger partial charge in [-0.3, -0.25) is 4.79 Å². The average Bonchev–Trinajstić information content (AvgIpc) is 2.52. The van der Waals surface area contributed by atoms with E-state index in [1.54, 1.807) is 6.07 Å². The van der Waals surface area contributed by atoms with Crippen molar-refractivity contribution in [2.45, 2.75) is 19.8 Å². The molecule has 8 heteroatoms. The van der Waals surface area contributed by atoms with Gasteiger partial charge in [0.1, 0.15) is 0 Å². The molecule has 0 saturated heterocycles. The lowest BCUT2D eigenvalue weighted by Gasteiger charge is -2.23. The van der Waals surface area contributed by atoms with Crippen LogP contribution >= 0.6 is 0 Å². The molecule has 0 atom stereocenters. The van der Waals surface area contributed by atoms with Gasteiger partial charge >= 0.3 is 0 Å². The zero-order valence-electron chi connectivity index (χ0n) is 13.6. The molecule has 0 radical (unpaired) electrons. The number of carbonyl (C=O) groups excluding carboxylic acids is 1. The molecule has 0 bridgehead atoms. The smallest absolute Gasteiger partial charge is 0.281 e. The van der Waals surface area contributed by atoms with E-state index in [4.69, 9.17) is 5.26 Å². The highest BCUT2D eigenvalue weighted by Crippen LogP contribution is 2.15. The molecule has 1 aromatic carbocycles. The molecule has 126 valence electrons. The van der Waals surface area contributed by atoms with Gasteiger partial charge in [-0.25, -0.2) is 0 Å². The third-order valence-electron chi connectivity index (χ3n) is 3.36. The second kappa shape index (κ2) is 8.62. The Morgan fingerprint density at radius 1 is 1.26 bits per heavy atom. The molecule has 0 aliphatic rings. The maximum absolute atomic E-state index is 12.2. The quantitative estimate of drug-likeness (QED) is 0.771. The number of rotatable bonds is 8. The van der Waals surface area contributed by atoms with Crippen molar-refractivity contribution in [1.82, 2.24) is 8.61 Å². The predicted molar refractivity (Wildman–Crippen MR) is 88.9 cm³/mol. The van der Waals surface area contributed by atoms with Gasteiger partial charge in [-0.1, -0.05) is 25.1 Å². The Labute approximate surface area is 137 Å². The monoisotopic (exact) mass is 338 g/mol. The van der Waals surface area contributed by atoms with E-state index >= 15 is 0 Å². The molecule has 0 saturated carbocycles. The fourth-order valence-corrected chi connectivity index (χ4v) is 3.06. The number of nitriles is 1. The molecule has 7 nitrogen and oxygen atoms in total. The average molecular weight is 338 g/mol. The molecule has 0 spiro atoms. The first-order valence-corrected chi connectivity index (χ1v) is 8.65. The van der Waals surface area contributed by atoms with E-state index < -0.39 is 16.1 Å². The fourth-order valence-electron chi connectivity index (χ4n) is 1.98. The van der Waals surface area contributed by atoms with Crippen molar-refractivity contribution in [2.24, 2.45) is 0 Å². The first-order chi connectivity index (χ1) is 10.8. The van der Waals surface area contributed by atoms with Crippen molar-refractivity contribution < 1.29 is 13.2 Å². The number of carbonyl (C=O) groups is 1. The number of anilines is 1. The third-order valence-corrected chi connectivity index (χ3v) is 5.25. The van der Waals surface area contributed by atoms with Crippen LogP contribution in [0.15, 0.2) is 24.3 Å². The molecule has 1 aromatic rings. The van der Waals surface area contributed by atoms with Crippen LogP contribution in [0.2, 0.25) is 0 Å². The van der Waals surface area contributed by atoms with Gasteiger partial charge in [-0.2, -0.15) is 22.3 Å². The summed E-state index contributed by atoms with van der Waals surface area (Å²) in [6.07, 6.45) is 0.862. The number of para-hydroxylation sites is 1. The highest BCUT2D eigenvalue weighted by molar-refractivity contribution is 7.86. The molecule has 1 N–H and O–H groups in total. The summed E-state index contributed by atoms with van der Waals surface area (Å²) in [4.78, 5) is 12.1.